The summed E-state index contributed by atoms with van der Waals surface area (Å²) in [6.45, 7) is 5.81. The molecule has 3 aromatic carbocycles. The van der Waals surface area contributed by atoms with Crippen LogP contribution >= 0.6 is 0 Å². The van der Waals surface area contributed by atoms with E-state index in [2.05, 4.69) is 0 Å². The Morgan fingerprint density at radius 3 is 1.90 bits per heavy atom. The number of hydrazine groups is 1. The Hall–Kier alpha value is -5.05. The fraction of sp³-hybridized carbons (Fsp3) is 0.242. The summed E-state index contributed by atoms with van der Waals surface area (Å²) in [6.07, 6.45) is 0.862. The number of rotatable bonds is 9. The summed E-state index contributed by atoms with van der Waals surface area (Å²) in [5.74, 6) is -3.78. The first-order chi connectivity index (χ1) is 20.1. The Morgan fingerprint density at radius 1 is 0.833 bits per heavy atom. The van der Waals surface area contributed by atoms with E-state index in [1.807, 2.05) is 0 Å². The van der Waals surface area contributed by atoms with Crippen molar-refractivity contribution in [2.75, 3.05) is 0 Å². The largest absolute Gasteiger partial charge is 0.457 e. The molecule has 0 aromatic heterocycles. The molecule has 0 aliphatic carbocycles. The highest BCUT2D eigenvalue weighted by Crippen LogP contribution is 2.37. The summed E-state index contributed by atoms with van der Waals surface area (Å²) in [6, 6.07) is 23.8. The van der Waals surface area contributed by atoms with E-state index in [4.69, 9.17) is 4.74 Å². The maximum atomic E-state index is 14.6. The van der Waals surface area contributed by atoms with Crippen molar-refractivity contribution >= 4 is 35.2 Å². The van der Waals surface area contributed by atoms with Crippen molar-refractivity contribution in [3.63, 3.8) is 0 Å². The highest BCUT2D eigenvalue weighted by Gasteiger charge is 2.46. The summed E-state index contributed by atoms with van der Waals surface area (Å²) in [5, 5.41) is 2.15. The average Bonchev–Trinajstić information content (AvgIpc) is 2.97. The van der Waals surface area contributed by atoms with Crippen LogP contribution < -0.4 is 0 Å². The molecule has 1 heterocycles. The van der Waals surface area contributed by atoms with Crippen molar-refractivity contribution in [3.05, 3.63) is 114 Å². The molecule has 0 radical (unpaired) electrons. The van der Waals surface area contributed by atoms with Gasteiger partial charge in [0, 0.05) is 32.0 Å². The smallest absolute Gasteiger partial charge is 0.377 e. The van der Waals surface area contributed by atoms with Gasteiger partial charge in [-0.05, 0) is 25.0 Å². The van der Waals surface area contributed by atoms with Gasteiger partial charge in [-0.2, -0.15) is 0 Å². The van der Waals surface area contributed by atoms with Gasteiger partial charge in [0.05, 0.1) is 11.8 Å². The van der Waals surface area contributed by atoms with Crippen LogP contribution in [-0.4, -0.2) is 56.5 Å². The van der Waals surface area contributed by atoms with Gasteiger partial charge in [0.15, 0.2) is 0 Å². The highest BCUT2D eigenvalue weighted by molar-refractivity contribution is 6.36. The third-order valence-electron chi connectivity index (χ3n) is 6.71. The van der Waals surface area contributed by atoms with Crippen LogP contribution in [0.2, 0.25) is 0 Å². The van der Waals surface area contributed by atoms with Gasteiger partial charge in [-0.1, -0.05) is 91.0 Å². The van der Waals surface area contributed by atoms with Crippen molar-refractivity contribution in [2.24, 2.45) is 0 Å². The predicted molar refractivity (Wildman–Crippen MR) is 156 cm³/mol. The molecular weight excluding hydrogens is 534 g/mol. The Labute approximate surface area is 244 Å². The topological polar surface area (TPSA) is 104 Å². The molecule has 3 amide bonds. The first-order valence-corrected chi connectivity index (χ1v) is 13.6. The minimum Gasteiger partial charge on any atom is -0.457 e. The Balaban J connectivity index is 1.94. The Kier molecular flexibility index (Phi) is 9.32. The maximum Gasteiger partial charge on any atom is 0.377 e. The molecule has 9 heteroatoms. The standard InChI is InChI=1S/C33H33N3O6/c1-22(2)42-33(41)31(39)28(20-25-14-8-5-9-15-25)35(24(4)38)36-29(26-16-10-6-11-17-26)21-34(23(3)37)30(32(36)40)27-18-12-7-13-19-27/h5-19,21-22,28,30H,20H2,1-4H3/t28-,30?/m0/s1. The number of hydrogen-bond acceptors (Lipinski definition) is 6. The molecule has 1 aliphatic heterocycles. The van der Waals surface area contributed by atoms with Crippen LogP contribution in [0, 0.1) is 0 Å². The molecule has 0 saturated carbocycles. The zero-order chi connectivity index (χ0) is 30.4. The first kappa shape index (κ1) is 29.9. The zero-order valence-electron chi connectivity index (χ0n) is 24.0. The highest BCUT2D eigenvalue weighted by atomic mass is 16.5. The number of carbonyl (C=O) groups is 5. The monoisotopic (exact) mass is 567 g/mol. The van der Waals surface area contributed by atoms with Crippen molar-refractivity contribution < 1.29 is 28.7 Å². The molecule has 0 N–H and O–H groups in total. The number of ether oxygens (including phenoxy) is 1. The van der Waals surface area contributed by atoms with E-state index < -0.39 is 47.7 Å². The molecule has 3 aromatic rings. The summed E-state index contributed by atoms with van der Waals surface area (Å²) in [4.78, 5) is 69.0. The lowest BCUT2D eigenvalue weighted by Gasteiger charge is -2.45. The van der Waals surface area contributed by atoms with E-state index in [1.54, 1.807) is 105 Å². The summed E-state index contributed by atoms with van der Waals surface area (Å²) in [7, 11) is 0. The molecule has 1 unspecified atom stereocenters. The van der Waals surface area contributed by atoms with Crippen LogP contribution in [-0.2, 0) is 35.1 Å². The van der Waals surface area contributed by atoms with E-state index >= 15 is 0 Å². The minimum atomic E-state index is -1.42. The number of carbonyl (C=O) groups excluding carboxylic acids is 5. The second kappa shape index (κ2) is 13.1. The van der Waals surface area contributed by atoms with Crippen molar-refractivity contribution in [2.45, 2.75) is 52.3 Å². The van der Waals surface area contributed by atoms with Gasteiger partial charge in [-0.3, -0.25) is 19.2 Å². The fourth-order valence-electron chi connectivity index (χ4n) is 4.89. The fourth-order valence-corrected chi connectivity index (χ4v) is 4.89. The molecule has 0 bridgehead atoms. The van der Waals surface area contributed by atoms with Crippen LogP contribution in [0.4, 0.5) is 0 Å². The summed E-state index contributed by atoms with van der Waals surface area (Å²) in [5.41, 5.74) is 1.89. The van der Waals surface area contributed by atoms with Gasteiger partial charge < -0.3 is 9.64 Å². The third-order valence-corrected chi connectivity index (χ3v) is 6.71. The Bertz CT molecular complexity index is 1490. The van der Waals surface area contributed by atoms with Crippen LogP contribution in [0.15, 0.2) is 97.2 Å². The van der Waals surface area contributed by atoms with Gasteiger partial charge in [0.2, 0.25) is 11.8 Å². The Morgan fingerprint density at radius 2 is 1.38 bits per heavy atom. The molecule has 0 saturated heterocycles. The molecular formula is C33H33N3O6. The molecule has 4 rings (SSSR count). The van der Waals surface area contributed by atoms with E-state index in [0.29, 0.717) is 16.7 Å². The van der Waals surface area contributed by atoms with Gasteiger partial charge in [-0.15, -0.1) is 0 Å². The summed E-state index contributed by atoms with van der Waals surface area (Å²) < 4.78 is 5.23. The number of amides is 3. The summed E-state index contributed by atoms with van der Waals surface area (Å²) >= 11 is 0. The second-order valence-electron chi connectivity index (χ2n) is 10.2. The molecule has 0 fully saturated rings. The number of Topliss-reactive ketones (excluding diaryl/α,β-unsaturated/α-hetero) is 1. The SMILES string of the molecule is CC(=O)N1C=C(c2ccccc2)N(N(C(C)=O)[C@@H](Cc2ccccc2)C(=O)C(=O)OC(C)C)C(=O)C1c1ccccc1. The first-order valence-electron chi connectivity index (χ1n) is 13.6. The number of ketones is 1. The molecule has 1 aliphatic rings. The van der Waals surface area contributed by atoms with Crippen molar-refractivity contribution in [1.82, 2.24) is 14.9 Å². The van der Waals surface area contributed by atoms with E-state index in [9.17, 15) is 24.0 Å². The lowest BCUT2D eigenvalue weighted by molar-refractivity contribution is -0.172. The van der Waals surface area contributed by atoms with Gasteiger partial charge in [0.25, 0.3) is 11.7 Å². The normalized spacial score (nSPS) is 15.6. The van der Waals surface area contributed by atoms with E-state index in [0.717, 1.165) is 10.0 Å². The van der Waals surface area contributed by atoms with Gasteiger partial charge >= 0.3 is 5.97 Å². The lowest BCUT2D eigenvalue weighted by Crippen LogP contribution is -2.61. The maximum absolute atomic E-state index is 14.6. The van der Waals surface area contributed by atoms with Crippen molar-refractivity contribution in [3.8, 4) is 0 Å². The van der Waals surface area contributed by atoms with Crippen LogP contribution in [0.1, 0.15) is 50.4 Å². The lowest BCUT2D eigenvalue weighted by atomic mass is 9.98. The zero-order valence-corrected chi connectivity index (χ0v) is 24.0. The van der Waals surface area contributed by atoms with E-state index in [1.165, 1.54) is 24.9 Å². The number of esters is 1. The molecule has 0 spiro atoms. The van der Waals surface area contributed by atoms with Crippen LogP contribution in [0.5, 0.6) is 0 Å². The van der Waals surface area contributed by atoms with Gasteiger partial charge in [0.1, 0.15) is 12.1 Å². The molecule has 42 heavy (non-hydrogen) atoms. The van der Waals surface area contributed by atoms with Crippen LogP contribution in [0.25, 0.3) is 5.70 Å². The predicted octanol–water partition coefficient (Wildman–Crippen LogP) is 4.31. The molecule has 9 nitrogen and oxygen atoms in total. The number of benzene rings is 3. The minimum absolute atomic E-state index is 0.0648. The molecule has 2 atom stereocenters. The van der Waals surface area contributed by atoms with Crippen molar-refractivity contribution in [1.29, 1.82) is 0 Å². The van der Waals surface area contributed by atoms with Crippen LogP contribution in [0.3, 0.4) is 0 Å². The second-order valence-corrected chi connectivity index (χ2v) is 10.2. The molecule has 216 valence electrons. The quantitative estimate of drug-likeness (QED) is 0.282. The van der Waals surface area contributed by atoms with Gasteiger partial charge in [-0.25, -0.2) is 14.8 Å². The third kappa shape index (κ3) is 6.46. The van der Waals surface area contributed by atoms with E-state index in [-0.39, 0.29) is 12.1 Å². The number of hydrogen-bond donors (Lipinski definition) is 0. The average molecular weight is 568 g/mol. The number of nitrogens with zero attached hydrogens (tertiary/aromatic N) is 3.